The summed E-state index contributed by atoms with van der Waals surface area (Å²) in [5.41, 5.74) is 26.8. The number of hydrogen-bond acceptors (Lipinski definition) is 14. The highest BCUT2D eigenvalue weighted by atomic mass is 32.2. The highest BCUT2D eigenvalue weighted by molar-refractivity contribution is 7.99. The first kappa shape index (κ1) is 76.7. The molecule has 5 aromatic carbocycles. The standard InChI is InChI=1S/C82H102N10O10S/c1-51(93)78-75(98)45-60(37-52-19-6-3-7-20-52)71(94)32-17-31-67(88-76(99)50-103-49-55-39-65-64-29-16-26-56-33-34-57(77(56)64)42-70(65)92(2)48-55)72(95)43-59(27-18-36-86-82(84)85)79(100)89-68(40-54-23-10-5-11-24-54)74(97)46-61(38-53-21-8-4-9-22-53)81(102)90-69(41-62-47-87-66-30-13-12-28-63(62)66)73(96)44-58(80(101)91-78)25-14-15-35-83/h3-13,16,19-24,26,28-30,34,47,51,55,58-61,65,67-70,78,87,93H,14-15,17-18,25,27,31-33,35-46,48-50,83H2,1-2H3,(H,88,99)(H,89,100)(H,90,102)(H,91,101)(H4,84,85,86)/t51-,55-,58-,59-,60-,61-,65-,67-,68+,69-,70-,78+/m1/s1. The lowest BCUT2D eigenvalue weighted by Gasteiger charge is -2.46. The second-order valence-electron chi connectivity index (χ2n) is 28.9. The minimum atomic E-state index is -1.50. The first-order valence-corrected chi connectivity index (χ1v) is 38.0. The molecule has 0 unspecified atom stereocenters. The van der Waals surface area contributed by atoms with E-state index >= 15 is 24.0 Å². The van der Waals surface area contributed by atoms with Gasteiger partial charge in [0.25, 0.3) is 0 Å². The lowest BCUT2D eigenvalue weighted by Crippen LogP contribution is -2.51. The number of nitrogens with one attached hydrogen (secondary N) is 5. The van der Waals surface area contributed by atoms with Gasteiger partial charge in [0, 0.05) is 104 Å². The molecule has 10 rings (SSSR count). The van der Waals surface area contributed by atoms with Gasteiger partial charge < -0.3 is 53.5 Å². The zero-order valence-corrected chi connectivity index (χ0v) is 60.2. The van der Waals surface area contributed by atoms with Crippen LogP contribution in [0.5, 0.6) is 0 Å². The number of Topliss-reactive ketones (excluding diaryl/α,β-unsaturated/α-hetero) is 5. The Kier molecular flexibility index (Phi) is 28.0. The van der Waals surface area contributed by atoms with Gasteiger partial charge in [-0.15, -0.1) is 0 Å². The summed E-state index contributed by atoms with van der Waals surface area (Å²) in [5, 5.41) is 24.1. The summed E-state index contributed by atoms with van der Waals surface area (Å²) < 4.78 is 0. The third-order valence-electron chi connectivity index (χ3n) is 21.2. The van der Waals surface area contributed by atoms with E-state index in [-0.39, 0.29) is 107 Å². The maximum absolute atomic E-state index is 15.4. The van der Waals surface area contributed by atoms with Crippen LogP contribution in [0.25, 0.3) is 16.5 Å². The Balaban J connectivity index is 0.980. The number of allylic oxidation sites excluding steroid dienone is 1. The molecule has 2 aliphatic heterocycles. The molecule has 3 heterocycles. The van der Waals surface area contributed by atoms with Crippen LogP contribution in [-0.2, 0) is 75.3 Å². The van der Waals surface area contributed by atoms with E-state index in [0.717, 1.165) is 47.8 Å². The normalized spacial score (nSPS) is 24.8. The van der Waals surface area contributed by atoms with Crippen LogP contribution < -0.4 is 38.5 Å². The van der Waals surface area contributed by atoms with E-state index < -0.39 is 114 Å². The Hall–Kier alpha value is -8.89. The summed E-state index contributed by atoms with van der Waals surface area (Å²) in [6.07, 6.45) is 5.64. The summed E-state index contributed by atoms with van der Waals surface area (Å²) in [6.45, 7) is 2.66. The van der Waals surface area contributed by atoms with E-state index in [1.807, 2.05) is 115 Å². The molecule has 4 amide bonds. The Bertz CT molecular complexity index is 3990. The fourth-order valence-corrected chi connectivity index (χ4v) is 16.7. The van der Waals surface area contributed by atoms with Crippen LogP contribution in [-0.4, -0.2) is 148 Å². The zero-order chi connectivity index (χ0) is 72.9. The maximum Gasteiger partial charge on any atom is 0.230 e. The second kappa shape index (κ2) is 37.5. The minimum Gasteiger partial charge on any atom is -0.391 e. The number of ketones is 5. The van der Waals surface area contributed by atoms with Gasteiger partial charge in [0.15, 0.2) is 29.1 Å². The average molecular weight is 1420 g/mol. The van der Waals surface area contributed by atoms with Crippen molar-refractivity contribution in [3.63, 3.8) is 0 Å². The summed E-state index contributed by atoms with van der Waals surface area (Å²) >= 11 is 1.50. The Morgan fingerprint density at radius 2 is 1.24 bits per heavy atom. The number of aromatic nitrogens is 1. The molecule has 0 saturated carbocycles. The number of aromatic amines is 1. The quantitative estimate of drug-likeness (QED) is 0.0176. The van der Waals surface area contributed by atoms with Crippen LogP contribution >= 0.6 is 11.8 Å². The monoisotopic (exact) mass is 1420 g/mol. The molecule has 20 nitrogen and oxygen atoms in total. The van der Waals surface area contributed by atoms with E-state index in [2.05, 4.69) is 67.5 Å². The highest BCUT2D eigenvalue weighted by Crippen LogP contribution is 2.49. The van der Waals surface area contributed by atoms with Gasteiger partial charge in [-0.3, -0.25) is 48.1 Å². The number of nitrogens with zero attached hydrogens (tertiary/aromatic N) is 2. The lowest BCUT2D eigenvalue weighted by molar-refractivity contribution is -0.137. The van der Waals surface area contributed by atoms with Crippen molar-refractivity contribution >= 4 is 86.7 Å². The summed E-state index contributed by atoms with van der Waals surface area (Å²) in [7, 11) is 2.19. The first-order chi connectivity index (χ1) is 49.8. The number of nitrogens with two attached hydrogens (primary N) is 3. The minimum absolute atomic E-state index is 0.0110. The molecule has 0 spiro atoms. The van der Waals surface area contributed by atoms with Crippen LogP contribution in [0.1, 0.15) is 142 Å². The third kappa shape index (κ3) is 21.4. The van der Waals surface area contributed by atoms with Crippen molar-refractivity contribution in [1.29, 1.82) is 0 Å². The molecule has 12 N–H and O–H groups in total. The summed E-state index contributed by atoms with van der Waals surface area (Å²) in [4.78, 5) is 146. The summed E-state index contributed by atoms with van der Waals surface area (Å²) in [5.74, 6) is -7.75. The third-order valence-corrected chi connectivity index (χ3v) is 22.4. The van der Waals surface area contributed by atoms with Crippen LogP contribution in [0.15, 0.2) is 151 Å². The number of benzene rings is 5. The van der Waals surface area contributed by atoms with E-state index in [1.54, 1.807) is 6.20 Å². The summed E-state index contributed by atoms with van der Waals surface area (Å²) in [6, 6.07) is 36.8. The fraction of sp³-hybridized carbons (Fsp3) is 0.463. The lowest BCUT2D eigenvalue weighted by atomic mass is 9.70. The zero-order valence-electron chi connectivity index (χ0n) is 59.4. The number of thioether (sulfide) groups is 1. The van der Waals surface area contributed by atoms with Gasteiger partial charge in [0.2, 0.25) is 23.6 Å². The number of para-hydroxylation sites is 1. The molecule has 12 atom stereocenters. The molecular formula is C82H102N10O10S. The molecule has 4 aliphatic rings. The van der Waals surface area contributed by atoms with Crippen LogP contribution in [0, 0.1) is 29.6 Å². The SMILES string of the molecule is C[C@@H](O)[C@@H]1NC(=O)[C@H](CCCCN)CC(=O)[C@@H](Cc2c[nH]c3ccccc23)NC(=O)[C@H](Cc2ccccc2)CC(=O)[C@H](Cc2ccccc2)NC(=O)[C@H](CCCN=C(N)N)CC(=O)[C@H](NC(=O)CSC[C@@H]2C[C@@H]3c4cccc5c4C(=CC5)C[C@H]3N(C)C2)CCCC(=O)[C@H](Cc2ccccc2)CC1=O. The Morgan fingerprint density at radius 1 is 0.650 bits per heavy atom. The number of aliphatic hydroxyl groups is 1. The van der Waals surface area contributed by atoms with Gasteiger partial charge in [-0.05, 0) is 160 Å². The van der Waals surface area contributed by atoms with Gasteiger partial charge in [-0.2, -0.15) is 11.8 Å². The molecule has 2 saturated heterocycles. The number of fused-ring (bicyclic) bond motifs is 3. The topological polar surface area (TPSA) is 331 Å². The number of carbonyl (C=O) groups is 9. The number of carbonyl (C=O) groups excluding carboxylic acids is 9. The van der Waals surface area contributed by atoms with Crippen LogP contribution in [0.4, 0.5) is 0 Å². The van der Waals surface area contributed by atoms with Gasteiger partial charge in [-0.1, -0.05) is 140 Å². The van der Waals surface area contributed by atoms with Gasteiger partial charge >= 0.3 is 0 Å². The van der Waals surface area contributed by atoms with Crippen molar-refractivity contribution in [3.05, 3.63) is 185 Å². The predicted molar refractivity (Wildman–Crippen MR) is 403 cm³/mol. The van der Waals surface area contributed by atoms with Crippen molar-refractivity contribution in [3.8, 4) is 0 Å². The first-order valence-electron chi connectivity index (χ1n) is 36.8. The van der Waals surface area contributed by atoms with E-state index in [4.69, 9.17) is 17.2 Å². The largest absolute Gasteiger partial charge is 0.391 e. The van der Waals surface area contributed by atoms with E-state index in [1.165, 1.54) is 40.9 Å². The number of likely N-dealkylation sites (N-methyl/N-ethyl adjacent to an activating group) is 1. The number of likely N-dealkylation sites (tertiary alicyclic amines) is 1. The number of rotatable bonds is 22. The van der Waals surface area contributed by atoms with Crippen LogP contribution in [0.3, 0.4) is 0 Å². The average Bonchev–Trinajstić information content (AvgIpc) is 1.68. The van der Waals surface area contributed by atoms with Crippen molar-refractivity contribution in [2.24, 2.45) is 51.8 Å². The van der Waals surface area contributed by atoms with E-state index in [0.29, 0.717) is 48.2 Å². The van der Waals surface area contributed by atoms with Crippen molar-refractivity contribution in [2.75, 3.05) is 38.2 Å². The predicted octanol–water partition coefficient (Wildman–Crippen LogP) is 8.18. The fourth-order valence-electron chi connectivity index (χ4n) is 15.8. The van der Waals surface area contributed by atoms with E-state index in [9.17, 15) is 24.3 Å². The number of hydrogen-bond donors (Lipinski definition) is 9. The van der Waals surface area contributed by atoms with Gasteiger partial charge in [0.05, 0.1) is 30.0 Å². The molecule has 1 aromatic heterocycles. The second-order valence-corrected chi connectivity index (χ2v) is 29.9. The number of piperidine rings is 1. The van der Waals surface area contributed by atoms with Gasteiger partial charge in [-0.25, -0.2) is 0 Å². The van der Waals surface area contributed by atoms with Gasteiger partial charge in [0.1, 0.15) is 11.8 Å². The Morgan fingerprint density at radius 3 is 1.91 bits per heavy atom. The Labute approximate surface area is 608 Å². The maximum atomic E-state index is 15.4. The highest BCUT2D eigenvalue weighted by Gasteiger charge is 2.43. The van der Waals surface area contributed by atoms with Crippen molar-refractivity contribution < 1.29 is 48.3 Å². The van der Waals surface area contributed by atoms with Crippen molar-refractivity contribution in [1.82, 2.24) is 31.2 Å². The molecule has 6 aromatic rings. The number of guanidine groups is 1. The molecule has 0 bridgehead atoms. The van der Waals surface area contributed by atoms with Crippen molar-refractivity contribution in [2.45, 2.75) is 171 Å². The molecular weight excluding hydrogens is 1320 g/mol. The number of H-pyrrole nitrogens is 1. The van der Waals surface area contributed by atoms with Crippen LogP contribution in [0.2, 0.25) is 0 Å². The smallest absolute Gasteiger partial charge is 0.230 e. The molecule has 2 fully saturated rings. The number of aliphatic imine (C=N–C) groups is 1. The number of aliphatic hydroxyl groups excluding tert-OH is 1. The molecule has 2 aliphatic carbocycles. The molecule has 0 radical (unpaired) electrons. The number of unbranched alkanes of at least 4 members (excludes halogenated alkanes) is 1. The molecule has 21 heteroatoms. The molecule has 103 heavy (non-hydrogen) atoms. The molecule has 546 valence electrons. The number of amides is 4.